The highest BCUT2D eigenvalue weighted by atomic mass is 28.1. The maximum atomic E-state index is 2.33. The van der Waals surface area contributed by atoms with Crippen LogP contribution in [0.3, 0.4) is 0 Å². The first-order valence-corrected chi connectivity index (χ1v) is 4.08. The first kappa shape index (κ1) is 7.96. The molecule has 0 saturated carbocycles. The summed E-state index contributed by atoms with van der Waals surface area (Å²) in [5, 5.41) is 0.499. The van der Waals surface area contributed by atoms with Crippen LogP contribution in [0.4, 0.5) is 0 Å². The summed E-state index contributed by atoms with van der Waals surface area (Å²) in [4.78, 5) is 0. The largest absolute Gasteiger partial charge is 0.0839 e. The minimum Gasteiger partial charge on any atom is -0.0839 e. The van der Waals surface area contributed by atoms with Crippen LogP contribution in [0, 0.1) is 0 Å². The molecule has 0 aliphatic rings. The second-order valence-electron chi connectivity index (χ2n) is 3.59. The van der Waals surface area contributed by atoms with Gasteiger partial charge >= 0.3 is 0 Å². The Balaban J connectivity index is 3.89. The van der Waals surface area contributed by atoms with E-state index in [1.54, 1.807) is 0 Å². The summed E-state index contributed by atoms with van der Waals surface area (Å²) < 4.78 is 0. The molecular formula is C7H16Si. The van der Waals surface area contributed by atoms with E-state index in [4.69, 9.17) is 0 Å². The SMILES string of the molecule is CC(C)=CC(C)(C)[SiH3]. The molecule has 0 amide bonds. The smallest absolute Gasteiger partial charge is 0.0147 e. The van der Waals surface area contributed by atoms with Gasteiger partial charge in [-0.1, -0.05) is 25.5 Å². The van der Waals surface area contributed by atoms with E-state index in [0.29, 0.717) is 5.04 Å². The molecule has 0 radical (unpaired) electrons. The van der Waals surface area contributed by atoms with Crippen LogP contribution in [0.25, 0.3) is 0 Å². The molecule has 0 bridgehead atoms. The van der Waals surface area contributed by atoms with Crippen molar-refractivity contribution in [2.45, 2.75) is 32.7 Å². The van der Waals surface area contributed by atoms with E-state index < -0.39 is 0 Å². The van der Waals surface area contributed by atoms with Crippen molar-refractivity contribution < 1.29 is 0 Å². The summed E-state index contributed by atoms with van der Waals surface area (Å²) >= 11 is 0. The second kappa shape index (κ2) is 2.49. The van der Waals surface area contributed by atoms with Gasteiger partial charge in [-0.15, -0.1) is 0 Å². The van der Waals surface area contributed by atoms with Crippen LogP contribution < -0.4 is 0 Å². The Kier molecular flexibility index (Phi) is 2.48. The average Bonchev–Trinajstić information content (AvgIpc) is 1.21. The van der Waals surface area contributed by atoms with Crippen molar-refractivity contribution in [2.24, 2.45) is 0 Å². The number of rotatable bonds is 1. The molecule has 0 saturated heterocycles. The van der Waals surface area contributed by atoms with Crippen molar-refractivity contribution in [3.8, 4) is 0 Å². The molecule has 0 aliphatic carbocycles. The summed E-state index contributed by atoms with van der Waals surface area (Å²) in [6, 6.07) is 0. The normalized spacial score (nSPS) is 11.5. The Morgan fingerprint density at radius 2 is 1.75 bits per heavy atom. The topological polar surface area (TPSA) is 0 Å². The fourth-order valence-electron chi connectivity index (χ4n) is 0.866. The zero-order chi connectivity index (χ0) is 6.78. The Bertz CT molecular complexity index is 91.4. The standard InChI is InChI=1S/C7H16Si/c1-6(2)5-7(3,4)8/h5H,1-4,8H3. The molecule has 0 aromatic carbocycles. The molecule has 0 aromatic rings. The van der Waals surface area contributed by atoms with Crippen molar-refractivity contribution in [1.29, 1.82) is 0 Å². The predicted octanol–water partition coefficient (Wildman–Crippen LogP) is 1.52. The highest BCUT2D eigenvalue weighted by molar-refractivity contribution is 6.16. The third-order valence-corrected chi connectivity index (χ3v) is 1.01. The van der Waals surface area contributed by atoms with Crippen LogP contribution in [-0.2, 0) is 0 Å². The average molecular weight is 128 g/mol. The van der Waals surface area contributed by atoms with Crippen LogP contribution in [0.15, 0.2) is 11.6 Å². The zero-order valence-electron chi connectivity index (χ0n) is 6.58. The molecule has 1 heteroatoms. The highest BCUT2D eigenvalue weighted by Crippen LogP contribution is 2.21. The molecule has 8 heavy (non-hydrogen) atoms. The predicted molar refractivity (Wildman–Crippen MR) is 43.4 cm³/mol. The van der Waals surface area contributed by atoms with Gasteiger partial charge in [-0.05, 0) is 18.9 Å². The maximum Gasteiger partial charge on any atom is 0.0147 e. The lowest BCUT2D eigenvalue weighted by atomic mass is 10.1. The van der Waals surface area contributed by atoms with E-state index in [2.05, 4.69) is 33.8 Å². The monoisotopic (exact) mass is 128 g/mol. The van der Waals surface area contributed by atoms with Gasteiger partial charge in [0.05, 0.1) is 0 Å². The molecule has 48 valence electrons. The Labute approximate surface area is 55.4 Å². The van der Waals surface area contributed by atoms with Crippen LogP contribution in [-0.4, -0.2) is 10.2 Å². The molecule has 0 spiro atoms. The first-order valence-electron chi connectivity index (χ1n) is 3.08. The minimum absolute atomic E-state index is 0.499. The Morgan fingerprint density at radius 3 is 1.75 bits per heavy atom. The molecule has 0 unspecified atom stereocenters. The molecule has 0 N–H and O–H groups in total. The number of allylic oxidation sites excluding steroid dienone is 2. The molecule has 0 aromatic heterocycles. The van der Waals surface area contributed by atoms with Crippen LogP contribution in [0.2, 0.25) is 5.04 Å². The van der Waals surface area contributed by atoms with Crippen molar-refractivity contribution >= 4 is 10.2 Å². The van der Waals surface area contributed by atoms with E-state index in [1.807, 2.05) is 0 Å². The molecule has 0 fully saturated rings. The van der Waals surface area contributed by atoms with E-state index in [1.165, 1.54) is 15.8 Å². The molecule has 0 aliphatic heterocycles. The van der Waals surface area contributed by atoms with Crippen molar-refractivity contribution in [3.63, 3.8) is 0 Å². The van der Waals surface area contributed by atoms with Gasteiger partial charge in [0, 0.05) is 10.2 Å². The number of hydrogen-bond acceptors (Lipinski definition) is 0. The summed E-state index contributed by atoms with van der Waals surface area (Å²) in [5.74, 6) is 0. The van der Waals surface area contributed by atoms with E-state index >= 15 is 0 Å². The third-order valence-electron chi connectivity index (χ3n) is 0.722. The highest BCUT2D eigenvalue weighted by Gasteiger charge is 2.03. The fourth-order valence-corrected chi connectivity index (χ4v) is 1.44. The van der Waals surface area contributed by atoms with Crippen molar-refractivity contribution in [2.75, 3.05) is 0 Å². The molecule has 0 nitrogen and oxygen atoms in total. The molecule has 0 atom stereocenters. The van der Waals surface area contributed by atoms with Gasteiger partial charge < -0.3 is 0 Å². The minimum atomic E-state index is 0.499. The zero-order valence-corrected chi connectivity index (χ0v) is 8.58. The van der Waals surface area contributed by atoms with Crippen LogP contribution >= 0.6 is 0 Å². The fraction of sp³-hybridized carbons (Fsp3) is 0.714. The first-order chi connectivity index (χ1) is 3.42. The number of hydrogen-bond donors (Lipinski definition) is 0. The lowest BCUT2D eigenvalue weighted by molar-refractivity contribution is 0.850. The van der Waals surface area contributed by atoms with E-state index in [0.717, 1.165) is 0 Å². The van der Waals surface area contributed by atoms with Gasteiger partial charge in [0.25, 0.3) is 0 Å². The van der Waals surface area contributed by atoms with Crippen LogP contribution in [0.1, 0.15) is 27.7 Å². The summed E-state index contributed by atoms with van der Waals surface area (Å²) in [6.07, 6.45) is 2.33. The summed E-state index contributed by atoms with van der Waals surface area (Å²) in [6.45, 7) is 8.84. The quantitative estimate of drug-likeness (QED) is 0.371. The van der Waals surface area contributed by atoms with Crippen molar-refractivity contribution in [1.82, 2.24) is 0 Å². The van der Waals surface area contributed by atoms with Gasteiger partial charge in [-0.2, -0.15) is 0 Å². The van der Waals surface area contributed by atoms with Gasteiger partial charge in [0.1, 0.15) is 0 Å². The third kappa shape index (κ3) is 5.96. The summed E-state index contributed by atoms with van der Waals surface area (Å²) in [5.41, 5.74) is 1.44. The molecule has 0 rings (SSSR count). The van der Waals surface area contributed by atoms with E-state index in [-0.39, 0.29) is 0 Å². The maximum absolute atomic E-state index is 2.33. The van der Waals surface area contributed by atoms with Gasteiger partial charge in [0.15, 0.2) is 0 Å². The lowest BCUT2D eigenvalue weighted by Crippen LogP contribution is -1.96. The summed E-state index contributed by atoms with van der Waals surface area (Å²) in [7, 11) is 1.25. The van der Waals surface area contributed by atoms with E-state index in [9.17, 15) is 0 Å². The molecule has 0 heterocycles. The Hall–Kier alpha value is -0.0431. The lowest BCUT2D eigenvalue weighted by Gasteiger charge is -2.11. The Morgan fingerprint density at radius 1 is 1.38 bits per heavy atom. The van der Waals surface area contributed by atoms with Gasteiger partial charge in [-0.25, -0.2) is 0 Å². The van der Waals surface area contributed by atoms with Gasteiger partial charge in [0.2, 0.25) is 0 Å². The molecular weight excluding hydrogens is 112 g/mol. The van der Waals surface area contributed by atoms with Crippen LogP contribution in [0.5, 0.6) is 0 Å². The van der Waals surface area contributed by atoms with Crippen molar-refractivity contribution in [3.05, 3.63) is 11.6 Å². The second-order valence-corrected chi connectivity index (χ2v) is 6.17. The van der Waals surface area contributed by atoms with Gasteiger partial charge in [-0.3, -0.25) is 0 Å².